The van der Waals surface area contributed by atoms with E-state index < -0.39 is 52.7 Å². The molecule has 0 aromatic carbocycles. The number of urea groups is 1. The zero-order chi connectivity index (χ0) is 33.8. The monoisotopic (exact) mass is 615 g/mol. The summed E-state index contributed by atoms with van der Waals surface area (Å²) in [6.45, 7) is 27.9. The largest absolute Gasteiger partial charge is 0.349 e. The van der Waals surface area contributed by atoms with Crippen molar-refractivity contribution in [2.45, 2.75) is 119 Å². The fraction of sp³-hybridized carbons (Fsp3) is 0.735. The molecule has 0 spiro atoms. The number of amides is 5. The topological polar surface area (TPSA) is 137 Å². The molecule has 0 radical (unpaired) electrons. The van der Waals surface area contributed by atoms with E-state index in [1.54, 1.807) is 17.1 Å². The van der Waals surface area contributed by atoms with Crippen molar-refractivity contribution < 1.29 is 24.0 Å². The molecule has 2 fully saturated rings. The van der Waals surface area contributed by atoms with Crippen LogP contribution in [0, 0.1) is 28.1 Å². The number of hydrogen-bond acceptors (Lipinski definition) is 5. The number of Topliss-reactive ketones (excluding diaryl/α,β-unsaturated/α-hetero) is 1. The molecule has 2 unspecified atom stereocenters. The number of ketones is 1. The first kappa shape index (κ1) is 37.0. The SMILES string of the molecule is C=CCCNC(=O)C(=O)C(CCC=C)NC(=O)[C@@H]1C2[C@H](CN1C(=O)[C@@H](NC(=O)NC(C)(C)CC(C)(C)C)C(C)(C)C)C2(C)C. The Morgan fingerprint density at radius 1 is 0.932 bits per heavy atom. The molecule has 5 atom stereocenters. The molecule has 1 heterocycles. The van der Waals surface area contributed by atoms with E-state index in [2.05, 4.69) is 69.0 Å². The fourth-order valence-corrected chi connectivity index (χ4v) is 6.82. The maximum absolute atomic E-state index is 14.2. The van der Waals surface area contributed by atoms with Crippen molar-refractivity contribution in [3.63, 3.8) is 0 Å². The summed E-state index contributed by atoms with van der Waals surface area (Å²) in [5.41, 5.74) is -1.35. The summed E-state index contributed by atoms with van der Waals surface area (Å²) < 4.78 is 0. The third kappa shape index (κ3) is 9.41. The lowest BCUT2D eigenvalue weighted by molar-refractivity contribution is -0.145. The Kier molecular flexibility index (Phi) is 11.7. The minimum atomic E-state index is -1.06. The Bertz CT molecular complexity index is 1130. The third-order valence-electron chi connectivity index (χ3n) is 8.72. The normalized spacial score (nSPS) is 22.1. The second kappa shape index (κ2) is 13.9. The molecule has 1 aliphatic carbocycles. The van der Waals surface area contributed by atoms with E-state index in [0.29, 0.717) is 19.4 Å². The van der Waals surface area contributed by atoms with E-state index in [1.165, 1.54) is 0 Å². The van der Waals surface area contributed by atoms with Crippen molar-refractivity contribution >= 4 is 29.5 Å². The van der Waals surface area contributed by atoms with Crippen LogP contribution in [0.2, 0.25) is 0 Å². The number of allylic oxidation sites excluding steroid dienone is 1. The smallest absolute Gasteiger partial charge is 0.315 e. The van der Waals surface area contributed by atoms with Gasteiger partial charge in [-0.3, -0.25) is 19.2 Å². The Hall–Kier alpha value is -3.17. The van der Waals surface area contributed by atoms with Crippen LogP contribution in [0.25, 0.3) is 0 Å². The predicted molar refractivity (Wildman–Crippen MR) is 174 cm³/mol. The van der Waals surface area contributed by atoms with Gasteiger partial charge < -0.3 is 26.2 Å². The number of nitrogens with zero attached hydrogens (tertiary/aromatic N) is 1. The van der Waals surface area contributed by atoms with Gasteiger partial charge in [-0.15, -0.1) is 13.2 Å². The van der Waals surface area contributed by atoms with Gasteiger partial charge in [-0.2, -0.15) is 0 Å². The second-order valence-electron chi connectivity index (χ2n) is 16.0. The number of rotatable bonds is 14. The average Bonchev–Trinajstić information content (AvgIpc) is 3.19. The van der Waals surface area contributed by atoms with Crippen molar-refractivity contribution in [2.75, 3.05) is 13.1 Å². The number of likely N-dealkylation sites (tertiary alicyclic amines) is 1. The summed E-state index contributed by atoms with van der Waals surface area (Å²) in [5.74, 6) is -2.34. The van der Waals surface area contributed by atoms with E-state index in [1.807, 2.05) is 34.6 Å². The molecular weight excluding hydrogens is 558 g/mol. The third-order valence-corrected chi connectivity index (χ3v) is 8.72. The molecule has 44 heavy (non-hydrogen) atoms. The van der Waals surface area contributed by atoms with Crippen molar-refractivity contribution in [1.29, 1.82) is 0 Å². The van der Waals surface area contributed by atoms with E-state index in [0.717, 1.165) is 6.42 Å². The highest BCUT2D eigenvalue weighted by Crippen LogP contribution is 2.65. The summed E-state index contributed by atoms with van der Waals surface area (Å²) in [4.78, 5) is 68.6. The Morgan fingerprint density at radius 3 is 2.05 bits per heavy atom. The van der Waals surface area contributed by atoms with E-state index in [4.69, 9.17) is 0 Å². The first-order valence-electron chi connectivity index (χ1n) is 15.8. The van der Waals surface area contributed by atoms with Gasteiger partial charge in [-0.1, -0.05) is 67.5 Å². The van der Waals surface area contributed by atoms with E-state index in [-0.39, 0.29) is 41.5 Å². The van der Waals surface area contributed by atoms with Crippen LogP contribution in [0.15, 0.2) is 25.3 Å². The zero-order valence-corrected chi connectivity index (χ0v) is 28.7. The lowest BCUT2D eigenvalue weighted by Gasteiger charge is -2.39. The molecule has 2 aliphatic rings. The lowest BCUT2D eigenvalue weighted by Crippen LogP contribution is -2.62. The summed E-state index contributed by atoms with van der Waals surface area (Å²) in [6, 6.07) is -3.25. The molecule has 0 aromatic heterocycles. The molecule has 0 bridgehead atoms. The highest BCUT2D eigenvalue weighted by molar-refractivity contribution is 6.38. The van der Waals surface area contributed by atoms with Crippen molar-refractivity contribution in [3.8, 4) is 0 Å². The zero-order valence-electron chi connectivity index (χ0n) is 28.7. The first-order chi connectivity index (χ1) is 20.1. The number of piperidine rings is 1. The van der Waals surface area contributed by atoms with Crippen LogP contribution < -0.4 is 21.3 Å². The molecular formula is C34H57N5O5. The number of carbonyl (C=O) groups excluding carboxylic acids is 5. The summed E-state index contributed by atoms with van der Waals surface area (Å²) in [7, 11) is 0. The van der Waals surface area contributed by atoms with Crippen LogP contribution in [-0.2, 0) is 19.2 Å². The van der Waals surface area contributed by atoms with Crippen LogP contribution >= 0.6 is 0 Å². The minimum Gasteiger partial charge on any atom is -0.349 e. The maximum Gasteiger partial charge on any atom is 0.315 e. The first-order valence-corrected chi connectivity index (χ1v) is 15.8. The van der Waals surface area contributed by atoms with Crippen molar-refractivity contribution in [1.82, 2.24) is 26.2 Å². The van der Waals surface area contributed by atoms with Gasteiger partial charge >= 0.3 is 6.03 Å². The molecule has 2 rings (SSSR count). The van der Waals surface area contributed by atoms with Gasteiger partial charge in [0.1, 0.15) is 12.1 Å². The van der Waals surface area contributed by atoms with Crippen LogP contribution in [0.3, 0.4) is 0 Å². The highest BCUT2D eigenvalue weighted by Gasteiger charge is 2.70. The summed E-state index contributed by atoms with van der Waals surface area (Å²) >= 11 is 0. The van der Waals surface area contributed by atoms with Crippen molar-refractivity contribution in [2.24, 2.45) is 28.1 Å². The molecule has 5 amide bonds. The van der Waals surface area contributed by atoms with Gasteiger partial charge in [-0.25, -0.2) is 4.79 Å². The Labute approximate surface area is 264 Å². The van der Waals surface area contributed by atoms with Gasteiger partial charge in [0, 0.05) is 18.6 Å². The number of hydrogen-bond donors (Lipinski definition) is 4. The van der Waals surface area contributed by atoms with Gasteiger partial charge in [0.05, 0.1) is 6.04 Å². The quantitative estimate of drug-likeness (QED) is 0.132. The summed E-state index contributed by atoms with van der Waals surface area (Å²) in [5, 5.41) is 11.3. The number of fused-ring (bicyclic) bond motifs is 1. The molecule has 248 valence electrons. The molecule has 10 nitrogen and oxygen atoms in total. The molecule has 10 heteroatoms. The van der Waals surface area contributed by atoms with Gasteiger partial charge in [0.15, 0.2) is 0 Å². The van der Waals surface area contributed by atoms with E-state index in [9.17, 15) is 24.0 Å². The maximum atomic E-state index is 14.2. The average molecular weight is 616 g/mol. The van der Waals surface area contributed by atoms with Gasteiger partial charge in [0.25, 0.3) is 5.91 Å². The van der Waals surface area contributed by atoms with E-state index >= 15 is 0 Å². The van der Waals surface area contributed by atoms with Gasteiger partial charge in [-0.05, 0) is 67.6 Å². The predicted octanol–water partition coefficient (Wildman–Crippen LogP) is 4.11. The molecule has 1 saturated heterocycles. The fourth-order valence-electron chi connectivity index (χ4n) is 6.82. The Balaban J connectivity index is 2.30. The standard InChI is InChI=1S/C34H57N5O5/c1-13-15-17-22(25(40)28(42)35-18-16-14-2)36-27(41)24-23-21(34(23,11)12)19-39(24)29(43)26(32(6,7)8)37-30(44)38-33(9,10)20-31(3,4)5/h13-14,21-24,26H,1-2,15-20H2,3-12H3,(H,35,42)(H,36,41)(H2,37,38,44)/t21-,22?,23?,24-,26+/m0/s1. The number of carbonyl (C=O) groups is 5. The molecule has 1 saturated carbocycles. The molecule has 4 N–H and O–H groups in total. The summed E-state index contributed by atoms with van der Waals surface area (Å²) in [6.07, 6.45) is 5.12. The van der Waals surface area contributed by atoms with Crippen molar-refractivity contribution in [3.05, 3.63) is 25.3 Å². The number of nitrogens with one attached hydrogen (secondary N) is 4. The Morgan fingerprint density at radius 2 is 1.52 bits per heavy atom. The van der Waals surface area contributed by atoms with Crippen LogP contribution in [0.1, 0.15) is 94.9 Å². The van der Waals surface area contributed by atoms with Gasteiger partial charge in [0.2, 0.25) is 17.6 Å². The lowest BCUT2D eigenvalue weighted by atomic mass is 9.82. The molecule has 1 aliphatic heterocycles. The molecule has 0 aromatic rings. The minimum absolute atomic E-state index is 0.0167. The van der Waals surface area contributed by atoms with Crippen LogP contribution in [0.5, 0.6) is 0 Å². The van der Waals surface area contributed by atoms with Crippen LogP contribution in [0.4, 0.5) is 4.79 Å². The highest BCUT2D eigenvalue weighted by atomic mass is 16.2. The van der Waals surface area contributed by atoms with Crippen LogP contribution in [-0.4, -0.2) is 71.2 Å². The second-order valence-corrected chi connectivity index (χ2v) is 16.0.